The summed E-state index contributed by atoms with van der Waals surface area (Å²) in [7, 11) is 0. The maximum atomic E-state index is 12.9. The third kappa shape index (κ3) is 16.1. The lowest BCUT2D eigenvalue weighted by molar-refractivity contribution is 0.0465. The predicted octanol–water partition coefficient (Wildman–Crippen LogP) is 8.72. The lowest BCUT2D eigenvalue weighted by atomic mass is 10.0. The number of hydrogen-bond donors (Lipinski definition) is 2. The number of nitrogens with zero attached hydrogens (tertiary/aromatic N) is 1. The van der Waals surface area contributed by atoms with Crippen molar-refractivity contribution in [2.75, 3.05) is 39.5 Å². The summed E-state index contributed by atoms with van der Waals surface area (Å²) in [5.74, 6) is 0.797. The van der Waals surface area contributed by atoms with Crippen LogP contribution in [0.25, 0.3) is 0 Å². The predicted molar refractivity (Wildman–Crippen MR) is 177 cm³/mol. The van der Waals surface area contributed by atoms with Crippen LogP contribution in [0.5, 0.6) is 23.0 Å². The maximum Gasteiger partial charge on any atom is 0.338 e. The molecule has 0 aromatic heterocycles. The number of para-hydroxylation sites is 1. The van der Waals surface area contributed by atoms with Gasteiger partial charge in [0, 0.05) is 12.6 Å². The molecule has 0 atom stereocenters. The van der Waals surface area contributed by atoms with E-state index in [9.17, 15) is 15.0 Å². The number of phenolic OH excluding ortho intramolecular Hbond substituents is 2. The van der Waals surface area contributed by atoms with Crippen molar-refractivity contribution >= 4 is 18.4 Å². The van der Waals surface area contributed by atoms with Crippen LogP contribution in [0.2, 0.25) is 0 Å². The molecule has 0 unspecified atom stereocenters. The highest BCUT2D eigenvalue weighted by Crippen LogP contribution is 2.29. The van der Waals surface area contributed by atoms with E-state index in [1.807, 2.05) is 12.1 Å². The number of rotatable bonds is 24. The van der Waals surface area contributed by atoms with Crippen LogP contribution in [0.15, 0.2) is 36.4 Å². The number of ether oxygens (including phenoxy) is 3. The zero-order chi connectivity index (χ0) is 30.4. The molecule has 0 bridgehead atoms. The number of halogens is 1. The third-order valence-electron chi connectivity index (χ3n) is 7.62. The topological polar surface area (TPSA) is 88.5 Å². The van der Waals surface area contributed by atoms with Crippen LogP contribution in [0.4, 0.5) is 0 Å². The molecule has 0 fully saturated rings. The normalized spacial score (nSPS) is 10.9. The number of esters is 1. The number of likely N-dealkylation sites (N-methyl/N-ethyl adjacent to an activating group) is 1. The van der Waals surface area contributed by atoms with Crippen molar-refractivity contribution in [2.45, 2.75) is 104 Å². The van der Waals surface area contributed by atoms with Gasteiger partial charge in [0.25, 0.3) is 0 Å². The van der Waals surface area contributed by atoms with E-state index in [1.165, 1.54) is 44.6 Å². The zero-order valence-electron chi connectivity index (χ0n) is 26.8. The summed E-state index contributed by atoms with van der Waals surface area (Å²) in [5.41, 5.74) is 1.22. The summed E-state index contributed by atoms with van der Waals surface area (Å²) in [6, 6.07) is 10.4. The molecule has 0 radical (unpaired) electrons. The molecule has 0 saturated carbocycles. The van der Waals surface area contributed by atoms with E-state index in [4.69, 9.17) is 14.2 Å². The van der Waals surface area contributed by atoms with Gasteiger partial charge in [-0.3, -0.25) is 0 Å². The quantitative estimate of drug-likeness (QED) is 0.0688. The Labute approximate surface area is 266 Å². The molecule has 244 valence electrons. The average molecular weight is 622 g/mol. The van der Waals surface area contributed by atoms with Gasteiger partial charge in [-0.15, -0.1) is 12.4 Å². The van der Waals surface area contributed by atoms with E-state index < -0.39 is 0 Å². The zero-order valence-corrected chi connectivity index (χ0v) is 27.6. The molecule has 0 heterocycles. The van der Waals surface area contributed by atoms with E-state index in [0.717, 1.165) is 63.6 Å². The number of carbonyl (C=O) groups excluding carboxylic acids is 1. The van der Waals surface area contributed by atoms with Gasteiger partial charge in [-0.25, -0.2) is 4.79 Å². The van der Waals surface area contributed by atoms with Gasteiger partial charge in [-0.2, -0.15) is 0 Å². The molecule has 0 saturated heterocycles. The number of hydrogen-bond acceptors (Lipinski definition) is 7. The third-order valence-corrected chi connectivity index (χ3v) is 7.62. The Kier molecular flexibility index (Phi) is 21.2. The van der Waals surface area contributed by atoms with Gasteiger partial charge in [-0.1, -0.05) is 90.7 Å². The van der Waals surface area contributed by atoms with Gasteiger partial charge in [0.2, 0.25) is 0 Å². The molecular formula is C35H56ClNO6. The molecule has 0 aliphatic rings. The minimum absolute atomic E-state index is 0. The van der Waals surface area contributed by atoms with Gasteiger partial charge >= 0.3 is 5.97 Å². The average Bonchev–Trinajstić information content (AvgIpc) is 2.99. The summed E-state index contributed by atoms with van der Waals surface area (Å²) >= 11 is 0. The van der Waals surface area contributed by atoms with Gasteiger partial charge in [0.05, 0.1) is 18.8 Å². The van der Waals surface area contributed by atoms with Crippen molar-refractivity contribution in [2.24, 2.45) is 0 Å². The minimum atomic E-state index is -0.361. The van der Waals surface area contributed by atoms with E-state index in [0.29, 0.717) is 43.4 Å². The van der Waals surface area contributed by atoms with Crippen LogP contribution in [0.1, 0.15) is 114 Å². The SMILES string of the molecule is CCCCCCCCCCOc1cc(OCCCCCCc2cccc(O)c2O)cc(C(=O)OCCN(CC)CC)c1.Cl. The molecule has 0 aliphatic carbocycles. The molecule has 0 amide bonds. The van der Waals surface area contributed by atoms with E-state index in [2.05, 4.69) is 25.7 Å². The Bertz CT molecular complexity index is 1010. The number of aromatic hydroxyl groups is 2. The summed E-state index contributed by atoms with van der Waals surface area (Å²) in [4.78, 5) is 15.1. The Hall–Kier alpha value is -2.64. The Balaban J connectivity index is 0.00000924. The first-order valence-electron chi connectivity index (χ1n) is 16.3. The highest BCUT2D eigenvalue weighted by Gasteiger charge is 2.13. The van der Waals surface area contributed by atoms with Crippen LogP contribution in [-0.2, 0) is 11.2 Å². The molecular weight excluding hydrogens is 566 g/mol. The van der Waals surface area contributed by atoms with Gasteiger partial charge < -0.3 is 29.3 Å². The van der Waals surface area contributed by atoms with Crippen LogP contribution in [0, 0.1) is 0 Å². The van der Waals surface area contributed by atoms with Crippen LogP contribution < -0.4 is 9.47 Å². The second-order valence-electron chi connectivity index (χ2n) is 11.0. The van der Waals surface area contributed by atoms with Crippen LogP contribution >= 0.6 is 12.4 Å². The number of aryl methyl sites for hydroxylation is 1. The van der Waals surface area contributed by atoms with Gasteiger partial charge in [0.1, 0.15) is 18.1 Å². The largest absolute Gasteiger partial charge is 0.504 e. The van der Waals surface area contributed by atoms with E-state index >= 15 is 0 Å². The van der Waals surface area contributed by atoms with Crippen LogP contribution in [0.3, 0.4) is 0 Å². The van der Waals surface area contributed by atoms with Crippen molar-refractivity contribution in [3.63, 3.8) is 0 Å². The van der Waals surface area contributed by atoms with Crippen molar-refractivity contribution in [3.8, 4) is 23.0 Å². The Morgan fingerprint density at radius 2 is 1.28 bits per heavy atom. The first-order valence-corrected chi connectivity index (χ1v) is 16.3. The van der Waals surface area contributed by atoms with E-state index in [-0.39, 0.29) is 29.9 Å². The van der Waals surface area contributed by atoms with Crippen molar-refractivity contribution < 1.29 is 29.2 Å². The summed E-state index contributed by atoms with van der Waals surface area (Å²) in [6.07, 6.45) is 14.4. The molecule has 2 rings (SSSR count). The second kappa shape index (κ2) is 23.8. The van der Waals surface area contributed by atoms with Crippen molar-refractivity contribution in [1.29, 1.82) is 0 Å². The molecule has 0 spiro atoms. The Morgan fingerprint density at radius 3 is 1.86 bits per heavy atom. The number of carbonyl (C=O) groups is 1. The second-order valence-corrected chi connectivity index (χ2v) is 11.0. The lowest BCUT2D eigenvalue weighted by Gasteiger charge is -2.17. The summed E-state index contributed by atoms with van der Waals surface area (Å²) in [6.45, 7) is 10.5. The molecule has 8 heteroatoms. The van der Waals surface area contributed by atoms with E-state index in [1.54, 1.807) is 18.2 Å². The standard InChI is InChI=1S/C35H55NO6.ClH/c1-4-7-8-9-10-11-13-16-23-40-31-26-30(35(39)42-25-22-36(5-2)6-3)27-32(28-31)41-24-17-14-12-15-19-29-20-18-21-33(37)34(29)38;/h18,20-21,26-28,37-38H,4-17,19,22-25H2,1-3H3;1H. The molecule has 7 nitrogen and oxygen atoms in total. The van der Waals surface area contributed by atoms with Gasteiger partial charge in [0.15, 0.2) is 11.5 Å². The summed E-state index contributed by atoms with van der Waals surface area (Å²) < 4.78 is 17.6. The smallest absolute Gasteiger partial charge is 0.338 e. The highest BCUT2D eigenvalue weighted by atomic mass is 35.5. The summed E-state index contributed by atoms with van der Waals surface area (Å²) in [5, 5.41) is 19.6. The molecule has 2 aromatic rings. The lowest BCUT2D eigenvalue weighted by Crippen LogP contribution is -2.27. The fraction of sp³-hybridized carbons (Fsp3) is 0.629. The fourth-order valence-corrected chi connectivity index (χ4v) is 4.91. The van der Waals surface area contributed by atoms with Crippen LogP contribution in [-0.4, -0.2) is 60.5 Å². The molecule has 43 heavy (non-hydrogen) atoms. The number of benzene rings is 2. The van der Waals surface area contributed by atoms with Crippen molar-refractivity contribution in [3.05, 3.63) is 47.5 Å². The fourth-order valence-electron chi connectivity index (χ4n) is 4.91. The van der Waals surface area contributed by atoms with Gasteiger partial charge in [-0.05, 0) is 62.5 Å². The highest BCUT2D eigenvalue weighted by molar-refractivity contribution is 5.90. The molecule has 2 aromatic carbocycles. The van der Waals surface area contributed by atoms with Crippen molar-refractivity contribution in [1.82, 2.24) is 4.90 Å². The first kappa shape index (κ1) is 38.4. The maximum absolute atomic E-state index is 12.9. The minimum Gasteiger partial charge on any atom is -0.504 e. The molecule has 2 N–H and O–H groups in total. The number of unbranched alkanes of at least 4 members (excludes halogenated alkanes) is 10. The monoisotopic (exact) mass is 621 g/mol. The molecule has 0 aliphatic heterocycles. The first-order chi connectivity index (χ1) is 20.5. The Morgan fingerprint density at radius 1 is 0.721 bits per heavy atom. The number of phenols is 2.